The maximum absolute atomic E-state index is 11.0. The molecule has 5 nitrogen and oxygen atoms in total. The van der Waals surface area contributed by atoms with E-state index < -0.39 is 18.2 Å². The van der Waals surface area contributed by atoms with Crippen LogP contribution in [-0.4, -0.2) is 30.9 Å². The van der Waals surface area contributed by atoms with Crippen LogP contribution in [0.15, 0.2) is 0 Å². The number of hydrogen-bond acceptors (Lipinski definition) is 5. The average Bonchev–Trinajstić information content (AvgIpc) is 2.05. The van der Waals surface area contributed by atoms with Crippen molar-refractivity contribution in [1.82, 2.24) is 0 Å². The van der Waals surface area contributed by atoms with Crippen LogP contribution in [0.25, 0.3) is 0 Å². The molecule has 0 bridgehead atoms. The van der Waals surface area contributed by atoms with Crippen LogP contribution in [0.5, 0.6) is 0 Å². The number of esters is 1. The molecule has 0 fully saturated rings. The molecule has 1 radical (unpaired) electrons. The SMILES string of the molecule is CC(C)(CO)C(=O)OCO[C]=O. The minimum atomic E-state index is -0.966. The van der Waals surface area contributed by atoms with Gasteiger partial charge in [0, 0.05) is 0 Å². The lowest BCUT2D eigenvalue weighted by Crippen LogP contribution is -2.30. The van der Waals surface area contributed by atoms with Crippen molar-refractivity contribution in [2.24, 2.45) is 5.41 Å². The van der Waals surface area contributed by atoms with Gasteiger partial charge in [-0.1, -0.05) is 0 Å². The first-order chi connectivity index (χ1) is 5.54. The second-order valence-electron chi connectivity index (χ2n) is 2.82. The van der Waals surface area contributed by atoms with E-state index >= 15 is 0 Å². The quantitative estimate of drug-likeness (QED) is 0.349. The largest absolute Gasteiger partial charge is 0.427 e. The maximum atomic E-state index is 11.0. The zero-order valence-electron chi connectivity index (χ0n) is 6.99. The van der Waals surface area contributed by atoms with E-state index in [2.05, 4.69) is 9.47 Å². The van der Waals surface area contributed by atoms with Gasteiger partial charge in [0.25, 0.3) is 0 Å². The molecule has 0 saturated carbocycles. The second kappa shape index (κ2) is 4.71. The minimum Gasteiger partial charge on any atom is -0.427 e. The lowest BCUT2D eigenvalue weighted by atomic mass is 9.95. The molecule has 12 heavy (non-hydrogen) atoms. The van der Waals surface area contributed by atoms with E-state index in [4.69, 9.17) is 5.11 Å². The van der Waals surface area contributed by atoms with Crippen LogP contribution in [-0.2, 0) is 19.1 Å². The van der Waals surface area contributed by atoms with Crippen molar-refractivity contribution >= 4 is 12.4 Å². The molecule has 0 heterocycles. The highest BCUT2D eigenvalue weighted by atomic mass is 16.7. The highest BCUT2D eigenvalue weighted by Crippen LogP contribution is 2.15. The highest BCUT2D eigenvalue weighted by Gasteiger charge is 2.28. The molecule has 0 aliphatic carbocycles. The van der Waals surface area contributed by atoms with Gasteiger partial charge in [0.05, 0.1) is 12.0 Å². The Labute approximate surface area is 70.3 Å². The summed E-state index contributed by atoms with van der Waals surface area (Å²) in [5.41, 5.74) is -0.966. The van der Waals surface area contributed by atoms with Gasteiger partial charge in [-0.25, -0.2) is 4.79 Å². The van der Waals surface area contributed by atoms with Crippen molar-refractivity contribution in [1.29, 1.82) is 0 Å². The zero-order chi connectivity index (χ0) is 9.61. The fourth-order valence-electron chi connectivity index (χ4n) is 0.367. The van der Waals surface area contributed by atoms with Crippen molar-refractivity contribution in [2.45, 2.75) is 13.8 Å². The van der Waals surface area contributed by atoms with E-state index in [0.717, 1.165) is 6.47 Å². The van der Waals surface area contributed by atoms with Crippen LogP contribution in [0.2, 0.25) is 0 Å². The molecule has 5 heteroatoms. The Morgan fingerprint density at radius 2 is 2.17 bits per heavy atom. The van der Waals surface area contributed by atoms with Crippen molar-refractivity contribution in [3.05, 3.63) is 0 Å². The summed E-state index contributed by atoms with van der Waals surface area (Å²) in [6.45, 7) is 3.34. The Kier molecular flexibility index (Phi) is 4.28. The summed E-state index contributed by atoms with van der Waals surface area (Å²) < 4.78 is 8.47. The molecule has 0 amide bonds. The number of carbonyl (C=O) groups excluding carboxylic acids is 2. The van der Waals surface area contributed by atoms with Gasteiger partial charge in [-0.05, 0) is 13.8 Å². The number of rotatable bonds is 5. The van der Waals surface area contributed by atoms with Gasteiger partial charge in [-0.3, -0.25) is 4.79 Å². The van der Waals surface area contributed by atoms with Crippen LogP contribution in [0, 0.1) is 5.41 Å². The summed E-state index contributed by atoms with van der Waals surface area (Å²) in [5.74, 6) is -0.625. The molecule has 0 saturated heterocycles. The number of aliphatic hydroxyl groups is 1. The third-order valence-electron chi connectivity index (χ3n) is 1.26. The lowest BCUT2D eigenvalue weighted by Gasteiger charge is -2.18. The summed E-state index contributed by atoms with van der Waals surface area (Å²) >= 11 is 0. The van der Waals surface area contributed by atoms with Crippen LogP contribution in [0.4, 0.5) is 0 Å². The molecule has 0 aliphatic rings. The predicted molar refractivity (Wildman–Crippen MR) is 38.6 cm³/mol. The molecule has 0 spiro atoms. The molecule has 1 N–H and O–H groups in total. The molecule has 0 rings (SSSR count). The van der Waals surface area contributed by atoms with Gasteiger partial charge in [-0.2, -0.15) is 0 Å². The minimum absolute atomic E-state index is 0.323. The van der Waals surface area contributed by atoms with Crippen LogP contribution in [0.3, 0.4) is 0 Å². The monoisotopic (exact) mass is 175 g/mol. The van der Waals surface area contributed by atoms with E-state index in [0.29, 0.717) is 0 Å². The lowest BCUT2D eigenvalue weighted by molar-refractivity contribution is -0.163. The van der Waals surface area contributed by atoms with Crippen molar-refractivity contribution in [2.75, 3.05) is 13.4 Å². The van der Waals surface area contributed by atoms with E-state index in [1.807, 2.05) is 0 Å². The standard InChI is InChI=1S/C7H11O5/c1-7(2,3-8)6(10)12-5-11-4-9/h8H,3,5H2,1-2H3. The first-order valence-corrected chi connectivity index (χ1v) is 3.31. The van der Waals surface area contributed by atoms with Crippen molar-refractivity contribution < 1.29 is 24.2 Å². The van der Waals surface area contributed by atoms with Gasteiger partial charge >= 0.3 is 12.4 Å². The Balaban J connectivity index is 3.79. The molecular weight excluding hydrogens is 164 g/mol. The zero-order valence-corrected chi connectivity index (χ0v) is 6.99. The topological polar surface area (TPSA) is 72.8 Å². The maximum Gasteiger partial charge on any atom is 0.420 e. The van der Waals surface area contributed by atoms with E-state index in [-0.39, 0.29) is 6.61 Å². The van der Waals surface area contributed by atoms with Gasteiger partial charge in [0.1, 0.15) is 0 Å². The van der Waals surface area contributed by atoms with E-state index in [9.17, 15) is 9.59 Å². The fourth-order valence-corrected chi connectivity index (χ4v) is 0.367. The fraction of sp³-hybridized carbons (Fsp3) is 0.714. The summed E-state index contributed by atoms with van der Waals surface area (Å²) in [6.07, 6.45) is 0. The van der Waals surface area contributed by atoms with Gasteiger partial charge in [0.2, 0.25) is 6.79 Å². The smallest absolute Gasteiger partial charge is 0.420 e. The second-order valence-corrected chi connectivity index (χ2v) is 2.82. The number of aliphatic hydroxyl groups excluding tert-OH is 1. The first kappa shape index (κ1) is 10.9. The molecule has 0 unspecified atom stereocenters. The molecular formula is C7H11O5. The summed E-state index contributed by atoms with van der Waals surface area (Å²) in [5, 5.41) is 8.70. The summed E-state index contributed by atoms with van der Waals surface area (Å²) in [6, 6.07) is 0. The number of carbonyl (C=O) groups is 1. The molecule has 0 aliphatic heterocycles. The van der Waals surface area contributed by atoms with Gasteiger partial charge in [-0.15, -0.1) is 0 Å². The molecule has 0 atom stereocenters. The van der Waals surface area contributed by atoms with Crippen LogP contribution < -0.4 is 0 Å². The molecule has 0 aromatic carbocycles. The van der Waals surface area contributed by atoms with Crippen molar-refractivity contribution in [3.63, 3.8) is 0 Å². The van der Waals surface area contributed by atoms with Gasteiger partial charge in [0.15, 0.2) is 0 Å². The van der Waals surface area contributed by atoms with Crippen LogP contribution >= 0.6 is 0 Å². The van der Waals surface area contributed by atoms with Crippen molar-refractivity contribution in [3.8, 4) is 0 Å². The summed E-state index contributed by atoms with van der Waals surface area (Å²) in [7, 11) is 0. The molecule has 0 aromatic rings. The molecule has 0 aromatic heterocycles. The number of ether oxygens (including phenoxy) is 2. The van der Waals surface area contributed by atoms with Crippen LogP contribution in [0.1, 0.15) is 13.8 Å². The summed E-state index contributed by atoms with van der Waals surface area (Å²) in [4.78, 5) is 20.5. The third kappa shape index (κ3) is 3.34. The Morgan fingerprint density at radius 1 is 1.58 bits per heavy atom. The number of hydrogen-bond donors (Lipinski definition) is 1. The Bertz CT molecular complexity index is 163. The third-order valence-corrected chi connectivity index (χ3v) is 1.26. The normalized spacial score (nSPS) is 10.6. The van der Waals surface area contributed by atoms with Gasteiger partial charge < -0.3 is 14.6 Å². The van der Waals surface area contributed by atoms with E-state index in [1.54, 1.807) is 0 Å². The highest BCUT2D eigenvalue weighted by molar-refractivity contribution is 5.75. The Morgan fingerprint density at radius 3 is 2.58 bits per heavy atom. The average molecular weight is 175 g/mol. The first-order valence-electron chi connectivity index (χ1n) is 3.31. The predicted octanol–water partition coefficient (Wildman–Crippen LogP) is -0.411. The van der Waals surface area contributed by atoms with E-state index in [1.165, 1.54) is 13.8 Å². The molecule has 69 valence electrons. The Hall–Kier alpha value is -1.10.